The summed E-state index contributed by atoms with van der Waals surface area (Å²) in [6.07, 6.45) is 6.38. The molecule has 19 heavy (non-hydrogen) atoms. The molecule has 3 nitrogen and oxygen atoms in total. The number of nitrogens with one attached hydrogen (secondary N) is 1. The summed E-state index contributed by atoms with van der Waals surface area (Å²) in [5.41, 5.74) is 0.950. The summed E-state index contributed by atoms with van der Waals surface area (Å²) < 4.78 is 0.890. The Morgan fingerprint density at radius 2 is 2.00 bits per heavy atom. The number of hydrogen-bond acceptors (Lipinski definition) is 2. The van der Waals surface area contributed by atoms with Crippen molar-refractivity contribution >= 4 is 27.5 Å². The topological polar surface area (TPSA) is 41.6 Å². The van der Waals surface area contributed by atoms with Gasteiger partial charge in [0.15, 0.2) is 5.82 Å². The van der Waals surface area contributed by atoms with Crippen molar-refractivity contribution in [3.05, 3.63) is 33.5 Å². The third-order valence-corrected chi connectivity index (χ3v) is 4.90. The highest BCUT2D eigenvalue weighted by atomic mass is 79.9. The van der Waals surface area contributed by atoms with Gasteiger partial charge in [-0.15, -0.1) is 0 Å². The van der Waals surface area contributed by atoms with E-state index in [2.05, 4.69) is 31.1 Å². The van der Waals surface area contributed by atoms with Gasteiger partial charge >= 0.3 is 0 Å². The molecular weight excluding hydrogens is 326 g/mol. The van der Waals surface area contributed by atoms with E-state index in [1.807, 2.05) is 18.2 Å². The van der Waals surface area contributed by atoms with Crippen molar-refractivity contribution in [3.8, 4) is 11.4 Å². The van der Waals surface area contributed by atoms with Gasteiger partial charge in [0, 0.05) is 16.0 Å². The maximum absolute atomic E-state index is 6.11. The van der Waals surface area contributed by atoms with E-state index in [4.69, 9.17) is 11.6 Å². The zero-order valence-corrected chi connectivity index (χ0v) is 12.8. The molecule has 0 aliphatic heterocycles. The van der Waals surface area contributed by atoms with Gasteiger partial charge < -0.3 is 0 Å². The SMILES string of the molecule is Clc1cc(-c2n[nH]c(C3CCCCC3)n2)ccc1Br. The van der Waals surface area contributed by atoms with E-state index >= 15 is 0 Å². The average Bonchev–Trinajstić information content (AvgIpc) is 2.93. The minimum absolute atomic E-state index is 0.543. The zero-order valence-electron chi connectivity index (χ0n) is 10.5. The van der Waals surface area contributed by atoms with Crippen LogP contribution in [0.3, 0.4) is 0 Å². The molecule has 1 heterocycles. The average molecular weight is 341 g/mol. The Morgan fingerprint density at radius 1 is 1.21 bits per heavy atom. The molecule has 1 aliphatic rings. The van der Waals surface area contributed by atoms with E-state index in [0.29, 0.717) is 10.9 Å². The van der Waals surface area contributed by atoms with Crippen LogP contribution in [-0.2, 0) is 0 Å². The molecule has 0 radical (unpaired) electrons. The second-order valence-corrected chi connectivity index (χ2v) is 6.27. The van der Waals surface area contributed by atoms with Crippen LogP contribution in [-0.4, -0.2) is 15.2 Å². The minimum Gasteiger partial charge on any atom is -0.262 e. The maximum Gasteiger partial charge on any atom is 0.181 e. The first-order valence-electron chi connectivity index (χ1n) is 6.62. The van der Waals surface area contributed by atoms with E-state index in [-0.39, 0.29) is 0 Å². The van der Waals surface area contributed by atoms with Crippen LogP contribution in [0.4, 0.5) is 0 Å². The Labute approximate surface area is 125 Å². The third-order valence-electron chi connectivity index (χ3n) is 3.67. The first-order valence-corrected chi connectivity index (χ1v) is 7.79. The number of H-pyrrole nitrogens is 1. The number of aromatic nitrogens is 3. The summed E-state index contributed by atoms with van der Waals surface area (Å²) in [4.78, 5) is 4.63. The van der Waals surface area contributed by atoms with E-state index in [1.54, 1.807) is 0 Å². The van der Waals surface area contributed by atoms with Crippen LogP contribution in [0.2, 0.25) is 5.02 Å². The lowest BCUT2D eigenvalue weighted by atomic mass is 9.89. The fourth-order valence-corrected chi connectivity index (χ4v) is 3.02. The van der Waals surface area contributed by atoms with Gasteiger partial charge in [0.25, 0.3) is 0 Å². The van der Waals surface area contributed by atoms with Crippen molar-refractivity contribution in [2.75, 3.05) is 0 Å². The highest BCUT2D eigenvalue weighted by Gasteiger charge is 2.19. The molecule has 2 aromatic rings. The molecule has 5 heteroatoms. The van der Waals surface area contributed by atoms with Crippen molar-refractivity contribution < 1.29 is 0 Å². The second-order valence-electron chi connectivity index (χ2n) is 5.01. The van der Waals surface area contributed by atoms with Crippen molar-refractivity contribution in [2.24, 2.45) is 0 Å². The Balaban J connectivity index is 1.85. The first-order chi connectivity index (χ1) is 9.24. The molecule has 0 amide bonds. The van der Waals surface area contributed by atoms with Crippen molar-refractivity contribution in [3.63, 3.8) is 0 Å². The Hall–Kier alpha value is -0.870. The van der Waals surface area contributed by atoms with Gasteiger partial charge in [0.1, 0.15) is 5.82 Å². The number of hydrogen-bond donors (Lipinski definition) is 1. The van der Waals surface area contributed by atoms with Crippen LogP contribution >= 0.6 is 27.5 Å². The highest BCUT2D eigenvalue weighted by Crippen LogP contribution is 2.32. The fraction of sp³-hybridized carbons (Fsp3) is 0.429. The van der Waals surface area contributed by atoms with E-state index in [1.165, 1.54) is 32.1 Å². The molecule has 1 saturated carbocycles. The van der Waals surface area contributed by atoms with Crippen LogP contribution in [0, 0.1) is 0 Å². The van der Waals surface area contributed by atoms with Crippen LogP contribution in [0.15, 0.2) is 22.7 Å². The molecule has 1 N–H and O–H groups in total. The van der Waals surface area contributed by atoms with Gasteiger partial charge in [-0.05, 0) is 47.0 Å². The molecular formula is C14H15BrClN3. The molecule has 0 saturated heterocycles. The molecule has 100 valence electrons. The minimum atomic E-state index is 0.543. The molecule has 0 spiro atoms. The number of halogens is 2. The standard InChI is InChI=1S/C14H15BrClN3/c15-11-7-6-10(8-12(11)16)14-17-13(18-19-14)9-4-2-1-3-5-9/h6-9H,1-5H2,(H,17,18,19). The summed E-state index contributed by atoms with van der Waals surface area (Å²) >= 11 is 9.50. The first kappa shape index (κ1) is 13.1. The van der Waals surface area contributed by atoms with Crippen molar-refractivity contribution in [1.82, 2.24) is 15.2 Å². The molecule has 0 atom stereocenters. The number of rotatable bonds is 2. The largest absolute Gasteiger partial charge is 0.262 e. The third kappa shape index (κ3) is 2.84. The van der Waals surface area contributed by atoms with Crippen LogP contribution < -0.4 is 0 Å². The lowest BCUT2D eigenvalue weighted by Crippen LogP contribution is -2.06. The lowest BCUT2D eigenvalue weighted by molar-refractivity contribution is 0.429. The smallest absolute Gasteiger partial charge is 0.181 e. The van der Waals surface area contributed by atoms with Gasteiger partial charge in [0.05, 0.1) is 5.02 Å². The van der Waals surface area contributed by atoms with Gasteiger partial charge in [-0.1, -0.05) is 30.9 Å². The van der Waals surface area contributed by atoms with Crippen LogP contribution in [0.1, 0.15) is 43.8 Å². The molecule has 1 fully saturated rings. The Morgan fingerprint density at radius 3 is 2.74 bits per heavy atom. The second kappa shape index (κ2) is 5.63. The summed E-state index contributed by atoms with van der Waals surface area (Å²) in [6.45, 7) is 0. The Bertz CT molecular complexity index is 576. The van der Waals surface area contributed by atoms with Crippen LogP contribution in [0.5, 0.6) is 0 Å². The lowest BCUT2D eigenvalue weighted by Gasteiger charge is -2.18. The number of aromatic amines is 1. The summed E-state index contributed by atoms with van der Waals surface area (Å²) in [5.74, 6) is 2.30. The monoisotopic (exact) mass is 339 g/mol. The maximum atomic E-state index is 6.11. The van der Waals surface area contributed by atoms with Crippen LogP contribution in [0.25, 0.3) is 11.4 Å². The van der Waals surface area contributed by atoms with Gasteiger partial charge in [-0.25, -0.2) is 4.98 Å². The van der Waals surface area contributed by atoms with E-state index in [9.17, 15) is 0 Å². The molecule has 1 aromatic carbocycles. The van der Waals surface area contributed by atoms with E-state index in [0.717, 1.165) is 21.7 Å². The number of nitrogens with zero attached hydrogens (tertiary/aromatic N) is 2. The zero-order chi connectivity index (χ0) is 13.2. The number of benzene rings is 1. The molecule has 3 rings (SSSR count). The summed E-state index contributed by atoms with van der Waals surface area (Å²) in [5, 5.41) is 8.10. The fourth-order valence-electron chi connectivity index (χ4n) is 2.60. The Kier molecular flexibility index (Phi) is 3.89. The normalized spacial score (nSPS) is 16.7. The quantitative estimate of drug-likeness (QED) is 0.841. The molecule has 1 aliphatic carbocycles. The van der Waals surface area contributed by atoms with Gasteiger partial charge in [-0.3, -0.25) is 5.10 Å². The van der Waals surface area contributed by atoms with E-state index < -0.39 is 0 Å². The highest BCUT2D eigenvalue weighted by molar-refractivity contribution is 9.10. The predicted octanol–water partition coefficient (Wildman–Crippen LogP) is 4.94. The summed E-state index contributed by atoms with van der Waals surface area (Å²) in [6, 6.07) is 5.79. The molecule has 0 bridgehead atoms. The molecule has 1 aromatic heterocycles. The van der Waals surface area contributed by atoms with Crippen molar-refractivity contribution in [2.45, 2.75) is 38.0 Å². The van der Waals surface area contributed by atoms with Crippen molar-refractivity contribution in [1.29, 1.82) is 0 Å². The van der Waals surface area contributed by atoms with Gasteiger partial charge in [0.2, 0.25) is 0 Å². The molecule has 0 unspecified atom stereocenters. The summed E-state index contributed by atoms with van der Waals surface area (Å²) in [7, 11) is 0. The van der Waals surface area contributed by atoms with Gasteiger partial charge in [-0.2, -0.15) is 5.10 Å². The predicted molar refractivity (Wildman–Crippen MR) is 80.4 cm³/mol.